The number of hydrogen-bond acceptors (Lipinski definition) is 1. The fourth-order valence-electron chi connectivity index (χ4n) is 1.40. The van der Waals surface area contributed by atoms with Crippen molar-refractivity contribution >= 4 is 23.2 Å². The van der Waals surface area contributed by atoms with Crippen LogP contribution in [0, 0.1) is 5.82 Å². The number of halogens is 3. The van der Waals surface area contributed by atoms with Gasteiger partial charge in [-0.1, -0.05) is 11.6 Å². The molecule has 0 saturated heterocycles. The van der Waals surface area contributed by atoms with Crippen molar-refractivity contribution in [2.45, 2.75) is 12.4 Å². The van der Waals surface area contributed by atoms with Crippen molar-refractivity contribution in [3.8, 4) is 0 Å². The highest BCUT2D eigenvalue weighted by molar-refractivity contribution is 6.31. The van der Waals surface area contributed by atoms with Crippen molar-refractivity contribution in [3.63, 3.8) is 0 Å². The van der Waals surface area contributed by atoms with Crippen LogP contribution in [0.1, 0.15) is 11.1 Å². The second kappa shape index (κ2) is 4.85. The highest BCUT2D eigenvalue weighted by atomic mass is 35.5. The second-order valence-corrected chi connectivity index (χ2v) is 4.09. The van der Waals surface area contributed by atoms with E-state index < -0.39 is 0 Å². The zero-order valence-corrected chi connectivity index (χ0v) is 9.84. The molecule has 5 heteroatoms. The Labute approximate surface area is 103 Å². The lowest BCUT2D eigenvalue weighted by atomic mass is 10.2. The van der Waals surface area contributed by atoms with Crippen molar-refractivity contribution in [2.24, 2.45) is 0 Å². The molecule has 1 aromatic heterocycles. The van der Waals surface area contributed by atoms with Gasteiger partial charge in [0.05, 0.1) is 18.6 Å². The zero-order valence-electron chi connectivity index (χ0n) is 8.33. The van der Waals surface area contributed by atoms with Gasteiger partial charge in [0, 0.05) is 16.8 Å². The molecule has 2 nitrogen and oxygen atoms in total. The molecule has 0 radical (unpaired) electrons. The van der Waals surface area contributed by atoms with Crippen molar-refractivity contribution < 1.29 is 4.39 Å². The van der Waals surface area contributed by atoms with Crippen molar-refractivity contribution in [2.75, 3.05) is 0 Å². The van der Waals surface area contributed by atoms with Crippen molar-refractivity contribution in [1.29, 1.82) is 0 Å². The summed E-state index contributed by atoms with van der Waals surface area (Å²) in [4.78, 5) is 0. The van der Waals surface area contributed by atoms with Crippen LogP contribution in [0.15, 0.2) is 30.6 Å². The summed E-state index contributed by atoms with van der Waals surface area (Å²) in [7, 11) is 0. The molecule has 0 aliphatic rings. The summed E-state index contributed by atoms with van der Waals surface area (Å²) in [6.45, 7) is 0.438. The Kier molecular flexibility index (Phi) is 3.46. The highest BCUT2D eigenvalue weighted by Crippen LogP contribution is 2.18. The first-order valence-electron chi connectivity index (χ1n) is 4.70. The minimum Gasteiger partial charge on any atom is -0.268 e. The molecule has 2 rings (SSSR count). The van der Waals surface area contributed by atoms with E-state index in [9.17, 15) is 4.39 Å². The second-order valence-electron chi connectivity index (χ2n) is 3.42. The SMILES string of the molecule is Fc1ccc(Cl)c(Cn2cc(CCl)cn2)c1. The van der Waals surface area contributed by atoms with E-state index in [1.165, 1.54) is 18.2 Å². The Morgan fingerprint density at radius 2 is 2.19 bits per heavy atom. The van der Waals surface area contributed by atoms with Crippen LogP contribution >= 0.6 is 23.2 Å². The number of aromatic nitrogens is 2. The molecule has 0 N–H and O–H groups in total. The molecule has 0 aliphatic heterocycles. The molecule has 1 aromatic carbocycles. The highest BCUT2D eigenvalue weighted by Gasteiger charge is 2.04. The topological polar surface area (TPSA) is 17.8 Å². The summed E-state index contributed by atoms with van der Waals surface area (Å²) in [5.41, 5.74) is 1.63. The van der Waals surface area contributed by atoms with Gasteiger partial charge in [-0.2, -0.15) is 5.10 Å². The van der Waals surface area contributed by atoms with Crippen molar-refractivity contribution in [3.05, 3.63) is 52.6 Å². The average Bonchev–Trinajstić information content (AvgIpc) is 2.71. The number of alkyl halides is 1. The Bertz CT molecular complexity index is 496. The average molecular weight is 259 g/mol. The van der Waals surface area contributed by atoms with Crippen LogP contribution < -0.4 is 0 Å². The molecule has 0 bridgehead atoms. The molecule has 0 spiro atoms. The fourth-order valence-corrected chi connectivity index (χ4v) is 1.72. The van der Waals surface area contributed by atoms with E-state index in [1.54, 1.807) is 10.9 Å². The summed E-state index contributed by atoms with van der Waals surface area (Å²) in [6.07, 6.45) is 3.49. The largest absolute Gasteiger partial charge is 0.268 e. The molecule has 0 atom stereocenters. The number of rotatable bonds is 3. The van der Waals surface area contributed by atoms with Gasteiger partial charge in [-0.15, -0.1) is 11.6 Å². The smallest absolute Gasteiger partial charge is 0.123 e. The van der Waals surface area contributed by atoms with Gasteiger partial charge in [-0.05, 0) is 23.8 Å². The minimum atomic E-state index is -0.302. The molecule has 2 aromatic rings. The van der Waals surface area contributed by atoms with E-state index in [4.69, 9.17) is 23.2 Å². The van der Waals surface area contributed by atoms with Gasteiger partial charge in [0.1, 0.15) is 5.82 Å². The summed E-state index contributed by atoms with van der Waals surface area (Å²) < 4.78 is 14.7. The minimum absolute atomic E-state index is 0.302. The molecule has 1 heterocycles. The number of nitrogens with zero attached hydrogens (tertiary/aromatic N) is 2. The normalized spacial score (nSPS) is 10.7. The molecular weight excluding hydrogens is 250 g/mol. The third kappa shape index (κ3) is 2.54. The van der Waals surface area contributed by atoms with Crippen LogP contribution in [-0.2, 0) is 12.4 Å². The summed E-state index contributed by atoms with van der Waals surface area (Å²) in [5.74, 6) is 0.112. The van der Waals surface area contributed by atoms with Crippen LogP contribution in [0.5, 0.6) is 0 Å². The monoisotopic (exact) mass is 258 g/mol. The molecule has 0 saturated carbocycles. The molecule has 0 fully saturated rings. The molecule has 0 unspecified atom stereocenters. The summed E-state index contributed by atoms with van der Waals surface area (Å²) in [5, 5.41) is 4.64. The van der Waals surface area contributed by atoms with Crippen LogP contribution in [0.2, 0.25) is 5.02 Å². The summed E-state index contributed by atoms with van der Waals surface area (Å²) >= 11 is 11.6. The van der Waals surface area contributed by atoms with E-state index in [2.05, 4.69) is 5.10 Å². The quantitative estimate of drug-likeness (QED) is 0.772. The first kappa shape index (κ1) is 11.4. The van der Waals surface area contributed by atoms with Gasteiger partial charge in [0.2, 0.25) is 0 Å². The number of hydrogen-bond donors (Lipinski definition) is 0. The molecule has 0 amide bonds. The molecule has 16 heavy (non-hydrogen) atoms. The third-order valence-corrected chi connectivity index (χ3v) is 2.86. The van der Waals surface area contributed by atoms with E-state index >= 15 is 0 Å². The van der Waals surface area contributed by atoms with E-state index in [0.29, 0.717) is 23.0 Å². The van der Waals surface area contributed by atoms with Gasteiger partial charge >= 0.3 is 0 Å². The van der Waals surface area contributed by atoms with Crippen LogP contribution in [0.4, 0.5) is 4.39 Å². The molecular formula is C11H9Cl2FN2. The Morgan fingerprint density at radius 3 is 2.88 bits per heavy atom. The van der Waals surface area contributed by atoms with Gasteiger partial charge in [0.25, 0.3) is 0 Å². The first-order chi connectivity index (χ1) is 7.69. The van der Waals surface area contributed by atoms with E-state index in [0.717, 1.165) is 5.56 Å². The maximum atomic E-state index is 13.0. The number of benzene rings is 1. The van der Waals surface area contributed by atoms with E-state index in [1.807, 2.05) is 6.20 Å². The van der Waals surface area contributed by atoms with E-state index in [-0.39, 0.29) is 5.82 Å². The fraction of sp³-hybridized carbons (Fsp3) is 0.182. The third-order valence-electron chi connectivity index (χ3n) is 2.18. The van der Waals surface area contributed by atoms with Gasteiger partial charge < -0.3 is 0 Å². The zero-order chi connectivity index (χ0) is 11.5. The molecule has 0 aliphatic carbocycles. The first-order valence-corrected chi connectivity index (χ1v) is 5.61. The Balaban J connectivity index is 2.22. The van der Waals surface area contributed by atoms with Gasteiger partial charge in [-0.25, -0.2) is 4.39 Å². The predicted molar refractivity (Wildman–Crippen MR) is 62.3 cm³/mol. The Hall–Kier alpha value is -1.06. The summed E-state index contributed by atoms with van der Waals surface area (Å²) in [6, 6.07) is 4.28. The van der Waals surface area contributed by atoms with Crippen LogP contribution in [0.25, 0.3) is 0 Å². The maximum Gasteiger partial charge on any atom is 0.123 e. The van der Waals surface area contributed by atoms with Crippen molar-refractivity contribution in [1.82, 2.24) is 9.78 Å². The predicted octanol–water partition coefficient (Wildman–Crippen LogP) is 3.46. The lowest BCUT2D eigenvalue weighted by molar-refractivity contribution is 0.619. The molecule has 84 valence electrons. The van der Waals surface area contributed by atoms with Gasteiger partial charge in [0.15, 0.2) is 0 Å². The van der Waals surface area contributed by atoms with Gasteiger partial charge in [-0.3, -0.25) is 4.68 Å². The standard InChI is InChI=1S/C11H9Cl2FN2/c12-4-8-5-15-16(6-8)7-9-3-10(14)1-2-11(9)13/h1-3,5-6H,4,7H2. The Morgan fingerprint density at radius 1 is 1.38 bits per heavy atom. The van der Waals surface area contributed by atoms with Crippen LogP contribution in [-0.4, -0.2) is 9.78 Å². The maximum absolute atomic E-state index is 13.0. The lowest BCUT2D eigenvalue weighted by Crippen LogP contribution is -2.01. The van der Waals surface area contributed by atoms with Crippen LogP contribution in [0.3, 0.4) is 0 Å². The lowest BCUT2D eigenvalue weighted by Gasteiger charge is -2.04.